The number of rotatable bonds is 7. The van der Waals surface area contributed by atoms with Crippen LogP contribution in [0, 0.1) is 0 Å². The van der Waals surface area contributed by atoms with Gasteiger partial charge in [0.1, 0.15) is 12.4 Å². The van der Waals surface area contributed by atoms with Crippen LogP contribution in [0.25, 0.3) is 16.8 Å². The van der Waals surface area contributed by atoms with Gasteiger partial charge in [-0.15, -0.1) is 23.4 Å². The zero-order valence-electron chi connectivity index (χ0n) is 18.0. The molecule has 1 aliphatic rings. The number of nitrogens with one attached hydrogen (secondary N) is 1. The Morgan fingerprint density at radius 3 is 2.34 bits per heavy atom. The molecule has 5 rings (SSSR count). The van der Waals surface area contributed by atoms with Crippen LogP contribution in [-0.2, 0) is 11.3 Å². The average molecular weight is 486 g/mol. The third kappa shape index (κ3) is 5.18. The molecule has 0 radical (unpaired) electrons. The molecule has 0 bridgehead atoms. The van der Waals surface area contributed by atoms with Gasteiger partial charge in [0.15, 0.2) is 11.5 Å². The van der Waals surface area contributed by atoms with Crippen LogP contribution in [0.15, 0.2) is 84.8 Å². The van der Waals surface area contributed by atoms with Gasteiger partial charge in [-0.25, -0.2) is 5.01 Å². The van der Waals surface area contributed by atoms with E-state index in [4.69, 9.17) is 4.74 Å². The van der Waals surface area contributed by atoms with Gasteiger partial charge in [-0.05, 0) is 47.5 Å². The summed E-state index contributed by atoms with van der Waals surface area (Å²) in [5.74, 6) is 0.211. The summed E-state index contributed by atoms with van der Waals surface area (Å²) in [4.78, 5) is 0. The fourth-order valence-corrected chi connectivity index (χ4v) is 3.53. The number of anilines is 1. The van der Waals surface area contributed by atoms with E-state index in [9.17, 15) is 17.7 Å². The molecule has 2 aromatic carbocycles. The van der Waals surface area contributed by atoms with Crippen molar-refractivity contribution in [1.82, 2.24) is 25.4 Å². The minimum absolute atomic E-state index is 0.0963. The topological polar surface area (TPSA) is 67.2 Å². The number of hydrazine groups is 2. The standard InChI is InChI=1S/C23H18F4N6O2/c24-23(25,26)35-20-9-6-16(7-10-20)17-8-11-21-28-29-22(31(21)12-17)15-34-14-18-13-32(33(27)30-18)19-4-2-1-3-5-19/h1-13,30H,14-15H2. The summed E-state index contributed by atoms with van der Waals surface area (Å²) in [5.41, 5.74) is 5.73. The number of nitrogens with zero attached hydrogens (tertiary/aromatic N) is 5. The molecule has 3 heterocycles. The van der Waals surface area contributed by atoms with Crippen molar-refractivity contribution >= 4 is 11.3 Å². The summed E-state index contributed by atoms with van der Waals surface area (Å²) in [6.07, 6.45) is -1.40. The van der Waals surface area contributed by atoms with Crippen molar-refractivity contribution in [2.45, 2.75) is 13.0 Å². The number of ether oxygens (including phenoxy) is 2. The normalized spacial score (nSPS) is 14.3. The second kappa shape index (κ2) is 9.24. The molecular weight excluding hydrogens is 468 g/mol. The Bertz CT molecular complexity index is 1340. The van der Waals surface area contributed by atoms with Gasteiger partial charge < -0.3 is 9.47 Å². The first-order valence-electron chi connectivity index (χ1n) is 10.4. The quantitative estimate of drug-likeness (QED) is 0.298. The van der Waals surface area contributed by atoms with Gasteiger partial charge in [0.05, 0.1) is 18.0 Å². The van der Waals surface area contributed by atoms with Gasteiger partial charge in [0.25, 0.3) is 0 Å². The zero-order chi connectivity index (χ0) is 24.4. The van der Waals surface area contributed by atoms with E-state index >= 15 is 0 Å². The molecule has 0 amide bonds. The first-order chi connectivity index (χ1) is 16.9. The monoisotopic (exact) mass is 486 g/mol. The van der Waals surface area contributed by atoms with E-state index in [1.807, 2.05) is 6.07 Å². The van der Waals surface area contributed by atoms with E-state index in [2.05, 4.69) is 20.4 Å². The SMILES string of the molecule is FN1NC(COCc2nnc3ccc(-c4ccc(OC(F)(F)F)cc4)cn23)=CN1c1ccccc1. The molecule has 180 valence electrons. The van der Waals surface area contributed by atoms with Gasteiger partial charge in [0, 0.05) is 17.7 Å². The third-order valence-electron chi connectivity index (χ3n) is 5.11. The van der Waals surface area contributed by atoms with E-state index in [1.54, 1.807) is 53.2 Å². The first kappa shape index (κ1) is 22.6. The number of alkyl halides is 3. The number of hydrogen-bond donors (Lipinski definition) is 1. The van der Waals surface area contributed by atoms with E-state index < -0.39 is 6.36 Å². The fourth-order valence-electron chi connectivity index (χ4n) is 3.53. The molecule has 0 spiro atoms. The highest BCUT2D eigenvalue weighted by Gasteiger charge is 2.31. The minimum Gasteiger partial charge on any atom is -0.406 e. The third-order valence-corrected chi connectivity index (χ3v) is 5.11. The summed E-state index contributed by atoms with van der Waals surface area (Å²) in [6.45, 7) is 0.193. The lowest BCUT2D eigenvalue weighted by atomic mass is 10.1. The summed E-state index contributed by atoms with van der Waals surface area (Å²) in [5, 5.41) is 9.90. The summed E-state index contributed by atoms with van der Waals surface area (Å²) < 4.78 is 62.7. The molecule has 12 heteroatoms. The lowest BCUT2D eigenvalue weighted by Gasteiger charge is -2.19. The molecule has 1 N–H and O–H groups in total. The fraction of sp³-hybridized carbons (Fsp3) is 0.130. The molecule has 0 saturated carbocycles. The van der Waals surface area contributed by atoms with Crippen LogP contribution in [0.4, 0.5) is 23.3 Å². The lowest BCUT2D eigenvalue weighted by Crippen LogP contribution is -2.35. The van der Waals surface area contributed by atoms with Gasteiger partial charge >= 0.3 is 6.36 Å². The molecule has 1 aliphatic heterocycles. The van der Waals surface area contributed by atoms with Crippen molar-refractivity contribution in [3.63, 3.8) is 0 Å². The highest BCUT2D eigenvalue weighted by molar-refractivity contribution is 5.65. The van der Waals surface area contributed by atoms with Crippen LogP contribution >= 0.6 is 0 Å². The predicted octanol–water partition coefficient (Wildman–Crippen LogP) is 4.78. The molecule has 35 heavy (non-hydrogen) atoms. The Labute approximate surface area is 196 Å². The highest BCUT2D eigenvalue weighted by Crippen LogP contribution is 2.27. The number of fused-ring (bicyclic) bond motifs is 1. The molecule has 0 saturated heterocycles. The van der Waals surface area contributed by atoms with Crippen molar-refractivity contribution in [3.8, 4) is 16.9 Å². The van der Waals surface area contributed by atoms with Crippen LogP contribution < -0.4 is 15.2 Å². The molecule has 2 aromatic heterocycles. The number of hydrogen-bond acceptors (Lipinski definition) is 7. The number of halogens is 4. The summed E-state index contributed by atoms with van der Waals surface area (Å²) >= 11 is 0. The largest absolute Gasteiger partial charge is 0.573 e. The van der Waals surface area contributed by atoms with Crippen molar-refractivity contribution in [3.05, 3.63) is 90.6 Å². The average Bonchev–Trinajstić information content (AvgIpc) is 3.42. The van der Waals surface area contributed by atoms with Gasteiger partial charge in [-0.1, -0.05) is 34.8 Å². The second-order valence-corrected chi connectivity index (χ2v) is 7.53. The number of pyridine rings is 1. The Morgan fingerprint density at radius 1 is 0.857 bits per heavy atom. The maximum Gasteiger partial charge on any atom is 0.573 e. The van der Waals surface area contributed by atoms with E-state index in [-0.39, 0.29) is 19.0 Å². The van der Waals surface area contributed by atoms with Gasteiger partial charge in [0.2, 0.25) is 0 Å². The van der Waals surface area contributed by atoms with E-state index in [0.29, 0.717) is 33.8 Å². The molecule has 0 fully saturated rings. The Kier molecular flexibility index (Phi) is 5.97. The lowest BCUT2D eigenvalue weighted by molar-refractivity contribution is -0.274. The Balaban J connectivity index is 1.26. The molecule has 8 nitrogen and oxygen atoms in total. The number of aromatic nitrogens is 3. The predicted molar refractivity (Wildman–Crippen MR) is 118 cm³/mol. The highest BCUT2D eigenvalue weighted by atomic mass is 19.4. The van der Waals surface area contributed by atoms with Crippen molar-refractivity contribution < 1.29 is 27.1 Å². The van der Waals surface area contributed by atoms with Crippen molar-refractivity contribution in [2.75, 3.05) is 11.6 Å². The van der Waals surface area contributed by atoms with Crippen molar-refractivity contribution in [1.29, 1.82) is 0 Å². The van der Waals surface area contributed by atoms with E-state index in [1.165, 1.54) is 29.3 Å². The van der Waals surface area contributed by atoms with Crippen LogP contribution in [0.2, 0.25) is 0 Å². The van der Waals surface area contributed by atoms with Crippen LogP contribution in [-0.4, -0.2) is 32.9 Å². The molecule has 0 atom stereocenters. The maximum atomic E-state index is 14.2. The smallest absolute Gasteiger partial charge is 0.406 e. The molecule has 0 unspecified atom stereocenters. The van der Waals surface area contributed by atoms with Gasteiger partial charge in [-0.3, -0.25) is 9.83 Å². The zero-order valence-corrected chi connectivity index (χ0v) is 18.0. The van der Waals surface area contributed by atoms with Crippen LogP contribution in [0.1, 0.15) is 5.82 Å². The molecule has 0 aliphatic carbocycles. The molecular formula is C23H18F4N6O2. The van der Waals surface area contributed by atoms with Crippen molar-refractivity contribution in [2.24, 2.45) is 0 Å². The maximum absolute atomic E-state index is 14.2. The van der Waals surface area contributed by atoms with Crippen LogP contribution in [0.5, 0.6) is 5.75 Å². The second-order valence-electron chi connectivity index (χ2n) is 7.53. The minimum atomic E-state index is -4.75. The first-order valence-corrected chi connectivity index (χ1v) is 10.4. The summed E-state index contributed by atoms with van der Waals surface area (Å²) in [7, 11) is 0. The number of benzene rings is 2. The number of para-hydroxylation sites is 1. The van der Waals surface area contributed by atoms with E-state index in [0.717, 1.165) is 5.56 Å². The molecule has 4 aromatic rings. The Morgan fingerprint density at radius 2 is 1.60 bits per heavy atom. The summed E-state index contributed by atoms with van der Waals surface area (Å²) in [6, 6.07) is 18.1. The van der Waals surface area contributed by atoms with Gasteiger partial charge in [-0.2, -0.15) is 0 Å². The van der Waals surface area contributed by atoms with Crippen LogP contribution in [0.3, 0.4) is 0 Å². The Hall–Kier alpha value is -4.16.